The van der Waals surface area contributed by atoms with Gasteiger partial charge >= 0.3 is 6.01 Å². The van der Waals surface area contributed by atoms with Crippen LogP contribution in [0.5, 0.6) is 6.01 Å². The molecule has 114 valence electrons. The Kier molecular flexibility index (Phi) is 5.75. The molecule has 21 heavy (non-hydrogen) atoms. The molecule has 5 nitrogen and oxygen atoms in total. The molecule has 0 spiro atoms. The minimum absolute atomic E-state index is 0.0929. The molecular weight excluding hydrogens is 264 g/mol. The van der Waals surface area contributed by atoms with E-state index in [0.717, 1.165) is 25.2 Å². The predicted molar refractivity (Wildman–Crippen MR) is 83.8 cm³/mol. The van der Waals surface area contributed by atoms with Gasteiger partial charge < -0.3 is 10.1 Å². The molecule has 0 aliphatic carbocycles. The minimum atomic E-state index is 0.0929. The van der Waals surface area contributed by atoms with Crippen molar-refractivity contribution in [3.8, 4) is 11.7 Å². The van der Waals surface area contributed by atoms with Crippen molar-refractivity contribution in [2.24, 2.45) is 5.92 Å². The van der Waals surface area contributed by atoms with Gasteiger partial charge in [0.15, 0.2) is 0 Å². The molecule has 1 atom stereocenters. The van der Waals surface area contributed by atoms with E-state index in [1.54, 1.807) is 11.0 Å². The van der Waals surface area contributed by atoms with E-state index in [1.807, 2.05) is 30.3 Å². The Balaban J connectivity index is 1.91. The number of para-hydroxylation sites is 1. The van der Waals surface area contributed by atoms with Gasteiger partial charge in [-0.05, 0) is 31.0 Å². The lowest BCUT2D eigenvalue weighted by atomic mass is 10.2. The smallest absolute Gasteiger partial charge is 0.336 e. The van der Waals surface area contributed by atoms with Gasteiger partial charge in [0.05, 0.1) is 5.69 Å². The number of benzene rings is 1. The maximum Gasteiger partial charge on any atom is 0.336 e. The molecule has 0 radical (unpaired) electrons. The van der Waals surface area contributed by atoms with Crippen LogP contribution in [0.15, 0.2) is 36.7 Å². The fraction of sp³-hybridized carbons (Fsp3) is 0.500. The van der Waals surface area contributed by atoms with Crippen LogP contribution >= 0.6 is 0 Å². The molecule has 0 aliphatic heterocycles. The van der Waals surface area contributed by atoms with E-state index in [0.29, 0.717) is 11.9 Å². The average molecular weight is 288 g/mol. The van der Waals surface area contributed by atoms with E-state index in [4.69, 9.17) is 4.74 Å². The van der Waals surface area contributed by atoms with Gasteiger partial charge in [-0.15, -0.1) is 5.10 Å². The Labute approximate surface area is 126 Å². The SMILES string of the molecule is CCC(CNCC(C)C)Oc1ncn(-c2ccccc2)n1. The molecule has 1 aromatic carbocycles. The maximum absolute atomic E-state index is 5.84. The molecule has 1 unspecified atom stereocenters. The monoisotopic (exact) mass is 288 g/mol. The standard InChI is InChI=1S/C16H24N4O/c1-4-15(11-17-10-13(2)3)21-16-18-12-20(19-16)14-8-6-5-7-9-14/h5-9,12-13,15,17H,4,10-11H2,1-3H3. The first-order valence-corrected chi connectivity index (χ1v) is 7.53. The third kappa shape index (κ3) is 4.86. The summed E-state index contributed by atoms with van der Waals surface area (Å²) in [7, 11) is 0. The van der Waals surface area contributed by atoms with Crippen molar-refractivity contribution in [2.45, 2.75) is 33.3 Å². The molecule has 0 aliphatic rings. The van der Waals surface area contributed by atoms with Gasteiger partial charge in [-0.25, -0.2) is 4.68 Å². The van der Waals surface area contributed by atoms with Gasteiger partial charge in [-0.3, -0.25) is 0 Å². The van der Waals surface area contributed by atoms with Crippen molar-refractivity contribution in [3.05, 3.63) is 36.7 Å². The quantitative estimate of drug-likeness (QED) is 0.811. The normalized spacial score (nSPS) is 12.6. The van der Waals surface area contributed by atoms with Crippen LogP contribution in [0.25, 0.3) is 5.69 Å². The fourth-order valence-corrected chi connectivity index (χ4v) is 1.96. The van der Waals surface area contributed by atoms with Gasteiger partial charge in [-0.1, -0.05) is 39.0 Å². The predicted octanol–water partition coefficient (Wildman–Crippen LogP) is 2.67. The zero-order valence-electron chi connectivity index (χ0n) is 13.0. The van der Waals surface area contributed by atoms with E-state index >= 15 is 0 Å². The van der Waals surface area contributed by atoms with Crippen molar-refractivity contribution in [3.63, 3.8) is 0 Å². The number of rotatable bonds is 8. The highest BCUT2D eigenvalue weighted by Gasteiger charge is 2.11. The second kappa shape index (κ2) is 7.78. The Morgan fingerprint density at radius 2 is 1.95 bits per heavy atom. The number of nitrogens with one attached hydrogen (secondary N) is 1. The molecule has 0 amide bonds. The lowest BCUT2D eigenvalue weighted by molar-refractivity contribution is 0.176. The molecule has 1 aromatic heterocycles. The molecule has 1 heterocycles. The van der Waals surface area contributed by atoms with Crippen LogP contribution in [0.1, 0.15) is 27.2 Å². The largest absolute Gasteiger partial charge is 0.458 e. The summed E-state index contributed by atoms with van der Waals surface area (Å²) in [5.74, 6) is 0.637. The van der Waals surface area contributed by atoms with Gasteiger partial charge in [0.2, 0.25) is 0 Å². The third-order valence-corrected chi connectivity index (χ3v) is 3.14. The number of aromatic nitrogens is 3. The topological polar surface area (TPSA) is 52.0 Å². The Morgan fingerprint density at radius 3 is 2.62 bits per heavy atom. The Bertz CT molecular complexity index is 524. The number of hydrogen-bond acceptors (Lipinski definition) is 4. The highest BCUT2D eigenvalue weighted by Crippen LogP contribution is 2.10. The Hall–Kier alpha value is -1.88. The minimum Gasteiger partial charge on any atom is -0.458 e. The summed E-state index contributed by atoms with van der Waals surface area (Å²) in [6.07, 6.45) is 2.69. The van der Waals surface area contributed by atoms with Crippen LogP contribution in [-0.2, 0) is 0 Å². The van der Waals surface area contributed by atoms with Gasteiger partial charge in [0.25, 0.3) is 0 Å². The van der Waals surface area contributed by atoms with Gasteiger partial charge in [0.1, 0.15) is 12.4 Å². The first-order chi connectivity index (χ1) is 10.2. The van der Waals surface area contributed by atoms with Crippen molar-refractivity contribution < 1.29 is 4.74 Å². The summed E-state index contributed by atoms with van der Waals surface area (Å²) in [5, 5.41) is 7.77. The van der Waals surface area contributed by atoms with Gasteiger partial charge in [-0.2, -0.15) is 4.98 Å². The van der Waals surface area contributed by atoms with Crippen molar-refractivity contribution in [1.29, 1.82) is 0 Å². The van der Waals surface area contributed by atoms with Crippen molar-refractivity contribution in [1.82, 2.24) is 20.1 Å². The maximum atomic E-state index is 5.84. The molecule has 5 heteroatoms. The molecule has 0 bridgehead atoms. The first-order valence-electron chi connectivity index (χ1n) is 7.53. The molecule has 0 fully saturated rings. The highest BCUT2D eigenvalue weighted by atomic mass is 16.5. The number of nitrogens with zero attached hydrogens (tertiary/aromatic N) is 3. The molecule has 0 saturated carbocycles. The molecule has 0 saturated heterocycles. The summed E-state index contributed by atoms with van der Waals surface area (Å²) in [6.45, 7) is 8.30. The lowest BCUT2D eigenvalue weighted by Crippen LogP contribution is -2.33. The zero-order valence-corrected chi connectivity index (χ0v) is 13.0. The average Bonchev–Trinajstić information content (AvgIpc) is 2.95. The molecular formula is C16H24N4O. The van der Waals surface area contributed by atoms with E-state index in [-0.39, 0.29) is 6.10 Å². The van der Waals surface area contributed by atoms with Crippen molar-refractivity contribution in [2.75, 3.05) is 13.1 Å². The highest BCUT2D eigenvalue weighted by molar-refractivity contribution is 5.29. The second-order valence-corrected chi connectivity index (χ2v) is 5.51. The number of ether oxygens (including phenoxy) is 1. The van der Waals surface area contributed by atoms with Crippen LogP contribution in [0.3, 0.4) is 0 Å². The van der Waals surface area contributed by atoms with E-state index in [9.17, 15) is 0 Å². The third-order valence-electron chi connectivity index (χ3n) is 3.14. The summed E-state index contributed by atoms with van der Waals surface area (Å²) in [6, 6.07) is 10.3. The molecule has 1 N–H and O–H groups in total. The van der Waals surface area contributed by atoms with E-state index < -0.39 is 0 Å². The molecule has 2 aromatic rings. The summed E-state index contributed by atoms with van der Waals surface area (Å²) >= 11 is 0. The fourth-order valence-electron chi connectivity index (χ4n) is 1.96. The van der Waals surface area contributed by atoms with Gasteiger partial charge in [0, 0.05) is 6.54 Å². The summed E-state index contributed by atoms with van der Waals surface area (Å²) < 4.78 is 7.57. The summed E-state index contributed by atoms with van der Waals surface area (Å²) in [5.41, 5.74) is 0.978. The number of hydrogen-bond donors (Lipinski definition) is 1. The van der Waals surface area contributed by atoms with Crippen LogP contribution in [0, 0.1) is 5.92 Å². The second-order valence-electron chi connectivity index (χ2n) is 5.51. The lowest BCUT2D eigenvalue weighted by Gasteiger charge is -2.16. The van der Waals surface area contributed by atoms with E-state index in [1.165, 1.54) is 0 Å². The Morgan fingerprint density at radius 1 is 1.19 bits per heavy atom. The molecule has 2 rings (SSSR count). The zero-order chi connectivity index (χ0) is 15.1. The van der Waals surface area contributed by atoms with Crippen LogP contribution in [-0.4, -0.2) is 34.0 Å². The van der Waals surface area contributed by atoms with Crippen LogP contribution in [0.4, 0.5) is 0 Å². The van der Waals surface area contributed by atoms with Crippen molar-refractivity contribution >= 4 is 0 Å². The van der Waals surface area contributed by atoms with Crippen LogP contribution < -0.4 is 10.1 Å². The summed E-state index contributed by atoms with van der Waals surface area (Å²) in [4.78, 5) is 4.23. The van der Waals surface area contributed by atoms with E-state index in [2.05, 4.69) is 36.2 Å². The van der Waals surface area contributed by atoms with Crippen LogP contribution in [0.2, 0.25) is 0 Å². The first kappa shape index (κ1) is 15.5.